The predicted molar refractivity (Wildman–Crippen MR) is 99.3 cm³/mol. The van der Waals surface area contributed by atoms with Gasteiger partial charge >= 0.3 is 0 Å². The van der Waals surface area contributed by atoms with Gasteiger partial charge < -0.3 is 9.32 Å². The van der Waals surface area contributed by atoms with E-state index in [0.29, 0.717) is 44.4 Å². The SMILES string of the molecule is Cc1nnc(CCC(=O)N2CCN(S(=O)(=O)Cc3ccccc3C)CC2)o1. The summed E-state index contributed by atoms with van der Waals surface area (Å²) in [6.07, 6.45) is 0.670. The number of piperazine rings is 1. The Labute approximate surface area is 159 Å². The zero-order valence-corrected chi connectivity index (χ0v) is 16.4. The molecule has 0 N–H and O–H groups in total. The van der Waals surface area contributed by atoms with Crippen molar-refractivity contribution in [3.8, 4) is 0 Å². The molecule has 0 aliphatic carbocycles. The summed E-state index contributed by atoms with van der Waals surface area (Å²) >= 11 is 0. The van der Waals surface area contributed by atoms with Gasteiger partial charge in [-0.1, -0.05) is 24.3 Å². The van der Waals surface area contributed by atoms with Crippen molar-refractivity contribution in [3.05, 3.63) is 47.2 Å². The standard InChI is InChI=1S/C18H24N4O4S/c1-14-5-3-4-6-16(14)13-27(24,25)22-11-9-21(10-12-22)18(23)8-7-17-20-19-15(2)26-17/h3-6H,7-13H2,1-2H3. The number of aryl methyl sites for hydroxylation is 3. The van der Waals surface area contributed by atoms with Crippen LogP contribution in [0.15, 0.2) is 28.7 Å². The fourth-order valence-electron chi connectivity index (χ4n) is 3.09. The van der Waals surface area contributed by atoms with Crippen molar-refractivity contribution < 1.29 is 17.6 Å². The number of aromatic nitrogens is 2. The van der Waals surface area contributed by atoms with Crippen LogP contribution in [-0.4, -0.2) is 59.9 Å². The Morgan fingerprint density at radius 2 is 1.81 bits per heavy atom. The van der Waals surface area contributed by atoms with Gasteiger partial charge in [0.15, 0.2) is 0 Å². The number of hydrogen-bond acceptors (Lipinski definition) is 6. The molecule has 1 amide bonds. The third-order valence-electron chi connectivity index (χ3n) is 4.70. The van der Waals surface area contributed by atoms with Crippen LogP contribution in [0.2, 0.25) is 0 Å². The average molecular weight is 392 g/mol. The van der Waals surface area contributed by atoms with Crippen molar-refractivity contribution in [2.24, 2.45) is 0 Å². The first-order valence-corrected chi connectivity index (χ1v) is 10.5. The van der Waals surface area contributed by atoms with Crippen LogP contribution in [-0.2, 0) is 27.0 Å². The minimum Gasteiger partial charge on any atom is -0.426 e. The maximum Gasteiger partial charge on any atom is 0.223 e. The fraction of sp³-hybridized carbons (Fsp3) is 0.500. The summed E-state index contributed by atoms with van der Waals surface area (Å²) in [6.45, 7) is 5.05. The predicted octanol–water partition coefficient (Wildman–Crippen LogP) is 1.29. The Morgan fingerprint density at radius 3 is 2.44 bits per heavy atom. The lowest BCUT2D eigenvalue weighted by Gasteiger charge is -2.34. The molecule has 0 spiro atoms. The Hall–Kier alpha value is -2.26. The van der Waals surface area contributed by atoms with Crippen molar-refractivity contribution in [1.29, 1.82) is 0 Å². The molecule has 0 unspecified atom stereocenters. The molecule has 0 bridgehead atoms. The van der Waals surface area contributed by atoms with Gasteiger partial charge in [0.1, 0.15) is 0 Å². The Morgan fingerprint density at radius 1 is 1.11 bits per heavy atom. The second-order valence-electron chi connectivity index (χ2n) is 6.68. The molecule has 1 aromatic heterocycles. The minimum absolute atomic E-state index is 0.00979. The van der Waals surface area contributed by atoms with Gasteiger partial charge in [-0.25, -0.2) is 8.42 Å². The number of carbonyl (C=O) groups excluding carboxylic acids is 1. The second-order valence-corrected chi connectivity index (χ2v) is 8.65. The van der Waals surface area contributed by atoms with Crippen molar-refractivity contribution in [2.45, 2.75) is 32.4 Å². The molecule has 0 atom stereocenters. The number of nitrogens with zero attached hydrogens (tertiary/aromatic N) is 4. The second kappa shape index (κ2) is 8.18. The van der Waals surface area contributed by atoms with Crippen LogP contribution in [0.5, 0.6) is 0 Å². The van der Waals surface area contributed by atoms with E-state index in [0.717, 1.165) is 11.1 Å². The molecule has 1 fully saturated rings. The number of hydrogen-bond donors (Lipinski definition) is 0. The highest BCUT2D eigenvalue weighted by molar-refractivity contribution is 7.88. The van der Waals surface area contributed by atoms with Gasteiger partial charge in [0, 0.05) is 45.9 Å². The molecule has 1 aliphatic heterocycles. The number of benzene rings is 1. The maximum absolute atomic E-state index is 12.7. The number of rotatable bonds is 6. The van der Waals surface area contributed by atoms with Crippen LogP contribution in [0.3, 0.4) is 0 Å². The molecule has 0 radical (unpaired) electrons. The monoisotopic (exact) mass is 392 g/mol. The molecular weight excluding hydrogens is 368 g/mol. The zero-order chi connectivity index (χ0) is 19.4. The summed E-state index contributed by atoms with van der Waals surface area (Å²) in [6, 6.07) is 7.49. The zero-order valence-electron chi connectivity index (χ0n) is 15.6. The van der Waals surface area contributed by atoms with Crippen LogP contribution < -0.4 is 0 Å². The summed E-state index contributed by atoms with van der Waals surface area (Å²) in [4.78, 5) is 14.0. The number of carbonyl (C=O) groups is 1. The number of sulfonamides is 1. The molecule has 3 rings (SSSR count). The minimum atomic E-state index is -3.40. The fourth-order valence-corrected chi connectivity index (χ4v) is 4.71. The van der Waals surface area contributed by atoms with Crippen LogP contribution in [0.1, 0.15) is 29.3 Å². The van der Waals surface area contributed by atoms with Crippen LogP contribution in [0.25, 0.3) is 0 Å². The summed E-state index contributed by atoms with van der Waals surface area (Å²) in [5.41, 5.74) is 1.78. The summed E-state index contributed by atoms with van der Waals surface area (Å²) in [5.74, 6) is 0.886. The van der Waals surface area contributed by atoms with Crippen molar-refractivity contribution in [3.63, 3.8) is 0 Å². The molecule has 1 aromatic carbocycles. The maximum atomic E-state index is 12.7. The molecule has 8 nitrogen and oxygen atoms in total. The lowest BCUT2D eigenvalue weighted by molar-refractivity contribution is -0.132. The quantitative estimate of drug-likeness (QED) is 0.735. The molecule has 2 heterocycles. The van der Waals surface area contributed by atoms with E-state index in [-0.39, 0.29) is 18.1 Å². The molecular formula is C18H24N4O4S. The Bertz CT molecular complexity index is 902. The van der Waals surface area contributed by atoms with Gasteiger partial charge in [-0.3, -0.25) is 4.79 Å². The summed E-state index contributed by atoms with van der Waals surface area (Å²) in [5, 5.41) is 7.62. The first kappa shape index (κ1) is 19.5. The number of amides is 1. The normalized spacial score (nSPS) is 15.9. The third kappa shape index (κ3) is 4.92. The highest BCUT2D eigenvalue weighted by atomic mass is 32.2. The van der Waals surface area contributed by atoms with E-state index in [4.69, 9.17) is 4.42 Å². The van der Waals surface area contributed by atoms with E-state index < -0.39 is 10.0 Å². The highest BCUT2D eigenvalue weighted by Gasteiger charge is 2.29. The van der Waals surface area contributed by atoms with Gasteiger partial charge in [0.25, 0.3) is 0 Å². The van der Waals surface area contributed by atoms with Gasteiger partial charge in [-0.05, 0) is 18.1 Å². The molecule has 2 aromatic rings. The molecule has 27 heavy (non-hydrogen) atoms. The van der Waals surface area contributed by atoms with E-state index in [2.05, 4.69) is 10.2 Å². The average Bonchev–Trinajstić information content (AvgIpc) is 3.07. The lowest BCUT2D eigenvalue weighted by Crippen LogP contribution is -2.50. The van der Waals surface area contributed by atoms with E-state index >= 15 is 0 Å². The van der Waals surface area contributed by atoms with Crippen molar-refractivity contribution in [2.75, 3.05) is 26.2 Å². The van der Waals surface area contributed by atoms with Crippen LogP contribution in [0.4, 0.5) is 0 Å². The first-order valence-electron chi connectivity index (χ1n) is 8.94. The molecule has 9 heteroatoms. The first-order chi connectivity index (χ1) is 12.8. The lowest BCUT2D eigenvalue weighted by atomic mass is 10.1. The van der Waals surface area contributed by atoms with Crippen molar-refractivity contribution in [1.82, 2.24) is 19.4 Å². The Balaban J connectivity index is 1.51. The van der Waals surface area contributed by atoms with E-state index in [1.54, 1.807) is 11.8 Å². The molecule has 146 valence electrons. The largest absolute Gasteiger partial charge is 0.426 e. The molecule has 1 saturated heterocycles. The van der Waals surface area contributed by atoms with Gasteiger partial charge in [0.2, 0.25) is 27.7 Å². The van der Waals surface area contributed by atoms with Gasteiger partial charge in [-0.2, -0.15) is 4.31 Å². The van der Waals surface area contributed by atoms with Gasteiger partial charge in [0.05, 0.1) is 5.75 Å². The van der Waals surface area contributed by atoms with E-state index in [1.165, 1.54) is 4.31 Å². The summed E-state index contributed by atoms with van der Waals surface area (Å²) in [7, 11) is -3.40. The topological polar surface area (TPSA) is 96.6 Å². The Kier molecular flexibility index (Phi) is 5.91. The van der Waals surface area contributed by atoms with Gasteiger partial charge in [-0.15, -0.1) is 10.2 Å². The van der Waals surface area contributed by atoms with Crippen LogP contribution in [0, 0.1) is 13.8 Å². The molecule has 1 aliphatic rings. The molecule has 0 saturated carbocycles. The van der Waals surface area contributed by atoms with E-state index in [9.17, 15) is 13.2 Å². The highest BCUT2D eigenvalue weighted by Crippen LogP contribution is 2.17. The smallest absolute Gasteiger partial charge is 0.223 e. The van der Waals surface area contributed by atoms with E-state index in [1.807, 2.05) is 31.2 Å². The van der Waals surface area contributed by atoms with Crippen molar-refractivity contribution >= 4 is 15.9 Å². The van der Waals surface area contributed by atoms with Crippen LogP contribution >= 0.6 is 0 Å². The summed E-state index contributed by atoms with van der Waals surface area (Å²) < 4.78 is 32.1. The third-order valence-corrected chi connectivity index (χ3v) is 6.53.